The number of ether oxygens (including phenoxy) is 3. The number of hydrogen-bond acceptors (Lipinski definition) is 5. The molecule has 0 aliphatic heterocycles. The summed E-state index contributed by atoms with van der Waals surface area (Å²) in [5.74, 6) is 0. The Balaban J connectivity index is 2.13. The van der Waals surface area contributed by atoms with Gasteiger partial charge in [-0.25, -0.2) is 0 Å². The Morgan fingerprint density at radius 3 is 2.78 bits per heavy atom. The number of rotatable bonds is 10. The number of thiophene rings is 1. The van der Waals surface area contributed by atoms with Crippen LogP contribution in [0.3, 0.4) is 0 Å². The molecule has 0 aromatic carbocycles. The Hall–Kier alpha value is 0.0200. The van der Waals surface area contributed by atoms with Crippen molar-refractivity contribution in [1.82, 2.24) is 0 Å². The minimum atomic E-state index is -0.0136. The molecule has 1 atom stereocenters. The van der Waals surface area contributed by atoms with Crippen LogP contribution in [0.4, 0.5) is 0 Å². The second-order valence-electron chi connectivity index (χ2n) is 3.72. The van der Waals surface area contributed by atoms with E-state index in [4.69, 9.17) is 19.9 Å². The van der Waals surface area contributed by atoms with Gasteiger partial charge in [-0.1, -0.05) is 0 Å². The van der Waals surface area contributed by atoms with Gasteiger partial charge in [-0.05, 0) is 28.4 Å². The predicted molar refractivity (Wildman–Crippen MR) is 77.1 cm³/mol. The summed E-state index contributed by atoms with van der Waals surface area (Å²) in [6.07, 6.45) is 0.854. The highest BCUT2D eigenvalue weighted by molar-refractivity contribution is 9.10. The summed E-state index contributed by atoms with van der Waals surface area (Å²) in [6.45, 7) is 3.11. The molecule has 4 nitrogen and oxygen atoms in total. The first-order valence-corrected chi connectivity index (χ1v) is 7.57. The molecule has 18 heavy (non-hydrogen) atoms. The summed E-state index contributed by atoms with van der Waals surface area (Å²) in [5.41, 5.74) is 5.71. The molecule has 0 saturated heterocycles. The fourth-order valence-electron chi connectivity index (χ4n) is 1.39. The molecule has 1 aromatic heterocycles. The van der Waals surface area contributed by atoms with Crippen molar-refractivity contribution in [2.24, 2.45) is 5.73 Å². The van der Waals surface area contributed by atoms with Crippen molar-refractivity contribution in [2.45, 2.75) is 12.5 Å². The van der Waals surface area contributed by atoms with Crippen LogP contribution in [0.5, 0.6) is 0 Å². The lowest BCUT2D eigenvalue weighted by Crippen LogP contribution is -2.16. The minimum absolute atomic E-state index is 0.0136. The molecule has 104 valence electrons. The van der Waals surface area contributed by atoms with Gasteiger partial charge < -0.3 is 19.9 Å². The molecule has 0 bridgehead atoms. The summed E-state index contributed by atoms with van der Waals surface area (Å²) in [6, 6.07) is 2.05. The number of halogens is 1. The van der Waals surface area contributed by atoms with Crippen molar-refractivity contribution in [3.05, 3.63) is 20.8 Å². The van der Waals surface area contributed by atoms with Gasteiger partial charge in [-0.2, -0.15) is 0 Å². The summed E-state index contributed by atoms with van der Waals surface area (Å²) in [7, 11) is 1.66. The van der Waals surface area contributed by atoms with Crippen LogP contribution in [0.25, 0.3) is 0 Å². The maximum Gasteiger partial charge on any atom is 0.104 e. The molecule has 0 aliphatic carbocycles. The third-order valence-electron chi connectivity index (χ3n) is 2.30. The highest BCUT2D eigenvalue weighted by atomic mass is 79.9. The van der Waals surface area contributed by atoms with Gasteiger partial charge in [-0.3, -0.25) is 0 Å². The second-order valence-corrected chi connectivity index (χ2v) is 5.58. The molecule has 0 spiro atoms. The summed E-state index contributed by atoms with van der Waals surface area (Å²) >= 11 is 5.09. The number of methoxy groups -OCH3 is 1. The highest BCUT2D eigenvalue weighted by Crippen LogP contribution is 2.27. The zero-order valence-corrected chi connectivity index (χ0v) is 13.0. The van der Waals surface area contributed by atoms with E-state index in [1.54, 1.807) is 18.4 Å². The molecule has 2 N–H and O–H groups in total. The molecule has 1 unspecified atom stereocenters. The number of hydrogen-bond donors (Lipinski definition) is 1. The Morgan fingerprint density at radius 1 is 1.33 bits per heavy atom. The van der Waals surface area contributed by atoms with Gasteiger partial charge in [-0.15, -0.1) is 11.3 Å². The van der Waals surface area contributed by atoms with Crippen LogP contribution in [-0.4, -0.2) is 40.1 Å². The van der Waals surface area contributed by atoms with Crippen molar-refractivity contribution < 1.29 is 14.2 Å². The first-order chi connectivity index (χ1) is 8.77. The molecule has 1 rings (SSSR count). The molecule has 1 heterocycles. The second kappa shape index (κ2) is 9.89. The number of nitrogens with two attached hydrogens (primary N) is 1. The van der Waals surface area contributed by atoms with E-state index in [0.29, 0.717) is 33.0 Å². The fraction of sp³-hybridized carbons (Fsp3) is 0.667. The monoisotopic (exact) mass is 337 g/mol. The van der Waals surface area contributed by atoms with E-state index >= 15 is 0 Å². The van der Waals surface area contributed by atoms with E-state index in [0.717, 1.165) is 15.8 Å². The van der Waals surface area contributed by atoms with Crippen LogP contribution >= 0.6 is 27.3 Å². The molecule has 0 radical (unpaired) electrons. The molecule has 0 aliphatic rings. The summed E-state index contributed by atoms with van der Waals surface area (Å²) < 4.78 is 17.1. The van der Waals surface area contributed by atoms with Crippen LogP contribution in [0.2, 0.25) is 0 Å². The smallest absolute Gasteiger partial charge is 0.104 e. The van der Waals surface area contributed by atoms with E-state index in [9.17, 15) is 0 Å². The lowest BCUT2D eigenvalue weighted by atomic mass is 10.3. The lowest BCUT2D eigenvalue weighted by Gasteiger charge is -2.14. The van der Waals surface area contributed by atoms with Crippen molar-refractivity contribution in [3.8, 4) is 0 Å². The van der Waals surface area contributed by atoms with Crippen LogP contribution in [0, 0.1) is 0 Å². The van der Waals surface area contributed by atoms with Gasteiger partial charge in [0.2, 0.25) is 0 Å². The van der Waals surface area contributed by atoms with E-state index in [2.05, 4.69) is 22.0 Å². The van der Waals surface area contributed by atoms with Crippen molar-refractivity contribution >= 4 is 27.3 Å². The average molecular weight is 338 g/mol. The predicted octanol–water partition coefficient (Wildman–Crippen LogP) is 2.58. The molecule has 6 heteroatoms. The highest BCUT2D eigenvalue weighted by Gasteiger charge is 2.12. The molecule has 0 saturated carbocycles. The Kier molecular flexibility index (Phi) is 8.83. The normalized spacial score (nSPS) is 12.8. The third-order valence-corrected chi connectivity index (χ3v) is 4.09. The van der Waals surface area contributed by atoms with E-state index in [-0.39, 0.29) is 6.10 Å². The Labute approximate surface area is 121 Å². The molecule has 0 amide bonds. The van der Waals surface area contributed by atoms with Gasteiger partial charge in [0.25, 0.3) is 0 Å². The fourth-order valence-corrected chi connectivity index (χ4v) is 2.90. The zero-order chi connectivity index (χ0) is 13.2. The Morgan fingerprint density at radius 2 is 2.17 bits per heavy atom. The molecule has 0 fully saturated rings. The van der Waals surface area contributed by atoms with E-state index in [1.807, 2.05) is 5.38 Å². The van der Waals surface area contributed by atoms with Crippen LogP contribution < -0.4 is 5.73 Å². The summed E-state index contributed by atoms with van der Waals surface area (Å²) in [4.78, 5) is 1.16. The molecular weight excluding hydrogens is 318 g/mol. The van der Waals surface area contributed by atoms with E-state index in [1.165, 1.54) is 0 Å². The first kappa shape index (κ1) is 16.1. The van der Waals surface area contributed by atoms with Crippen LogP contribution in [0.15, 0.2) is 15.9 Å². The van der Waals surface area contributed by atoms with Gasteiger partial charge in [0.15, 0.2) is 0 Å². The topological polar surface area (TPSA) is 53.7 Å². The SMILES string of the molecule is COCCOCCCOC(CN)c1cc(Br)cs1. The van der Waals surface area contributed by atoms with Gasteiger partial charge in [0.1, 0.15) is 6.10 Å². The first-order valence-electron chi connectivity index (χ1n) is 5.90. The average Bonchev–Trinajstić information content (AvgIpc) is 2.79. The van der Waals surface area contributed by atoms with Crippen molar-refractivity contribution in [2.75, 3.05) is 40.1 Å². The van der Waals surface area contributed by atoms with Gasteiger partial charge >= 0.3 is 0 Å². The van der Waals surface area contributed by atoms with Crippen molar-refractivity contribution in [1.29, 1.82) is 0 Å². The standard InChI is InChI=1S/C12H20BrNO3S/c1-15-5-6-16-3-2-4-17-11(8-14)12-7-10(13)9-18-12/h7,9,11H,2-6,8,14H2,1H3. The molecular formula is C12H20BrNO3S. The summed E-state index contributed by atoms with van der Waals surface area (Å²) in [5, 5.41) is 2.04. The van der Waals surface area contributed by atoms with Gasteiger partial charge in [0.05, 0.1) is 13.2 Å². The van der Waals surface area contributed by atoms with E-state index < -0.39 is 0 Å². The lowest BCUT2D eigenvalue weighted by molar-refractivity contribution is 0.0274. The molecule has 1 aromatic rings. The minimum Gasteiger partial charge on any atom is -0.382 e. The zero-order valence-electron chi connectivity index (χ0n) is 10.6. The maximum absolute atomic E-state index is 5.75. The quantitative estimate of drug-likeness (QED) is 0.666. The largest absolute Gasteiger partial charge is 0.382 e. The third kappa shape index (κ3) is 6.26. The van der Waals surface area contributed by atoms with Crippen LogP contribution in [-0.2, 0) is 14.2 Å². The van der Waals surface area contributed by atoms with Gasteiger partial charge in [0, 0.05) is 41.6 Å². The van der Waals surface area contributed by atoms with Crippen LogP contribution in [0.1, 0.15) is 17.4 Å². The maximum atomic E-state index is 5.75. The van der Waals surface area contributed by atoms with Crippen molar-refractivity contribution in [3.63, 3.8) is 0 Å². The Bertz CT molecular complexity index is 322.